The maximum atomic E-state index is 4.52. The van der Waals surface area contributed by atoms with Crippen molar-refractivity contribution in [3.8, 4) is 0 Å². The minimum atomic E-state index is 0.740. The van der Waals surface area contributed by atoms with Gasteiger partial charge in [0.25, 0.3) is 0 Å². The second-order valence-corrected chi connectivity index (χ2v) is 5.81. The summed E-state index contributed by atoms with van der Waals surface area (Å²) in [4.78, 5) is 8.92. The number of aromatic nitrogens is 2. The van der Waals surface area contributed by atoms with Crippen LogP contribution in [0, 0.1) is 18.8 Å². The van der Waals surface area contributed by atoms with Crippen LogP contribution in [0.25, 0.3) is 0 Å². The van der Waals surface area contributed by atoms with Crippen molar-refractivity contribution in [3.63, 3.8) is 0 Å². The summed E-state index contributed by atoms with van der Waals surface area (Å²) in [6, 6.07) is 2.02. The van der Waals surface area contributed by atoms with E-state index in [-0.39, 0.29) is 0 Å². The first kappa shape index (κ1) is 14.1. The summed E-state index contributed by atoms with van der Waals surface area (Å²) in [6.45, 7) is 8.46. The summed E-state index contributed by atoms with van der Waals surface area (Å²) >= 11 is 0. The van der Waals surface area contributed by atoms with Gasteiger partial charge in [0, 0.05) is 24.8 Å². The standard InChI is InChI=1S/C15H26N4/c1-4-7-16-15-18-12(3)9-14(19-15)17-10-13-6-5-11(2)8-13/h9,11,13H,4-8,10H2,1-3H3,(H2,16,17,18,19). The first-order chi connectivity index (χ1) is 9.17. The van der Waals surface area contributed by atoms with Gasteiger partial charge in [-0.05, 0) is 38.0 Å². The fourth-order valence-electron chi connectivity index (χ4n) is 2.73. The van der Waals surface area contributed by atoms with E-state index in [0.717, 1.165) is 48.8 Å². The Morgan fingerprint density at radius 2 is 2.11 bits per heavy atom. The molecule has 106 valence electrons. The smallest absolute Gasteiger partial charge is 0.224 e. The van der Waals surface area contributed by atoms with Crippen LogP contribution in [0.4, 0.5) is 11.8 Å². The van der Waals surface area contributed by atoms with Crippen molar-refractivity contribution < 1.29 is 0 Å². The highest BCUT2D eigenvalue weighted by atomic mass is 15.1. The molecule has 1 aromatic heterocycles. The molecule has 2 rings (SSSR count). The molecule has 0 radical (unpaired) electrons. The summed E-state index contributed by atoms with van der Waals surface area (Å²) in [7, 11) is 0. The third-order valence-electron chi connectivity index (χ3n) is 3.76. The molecule has 4 heteroatoms. The molecule has 0 amide bonds. The van der Waals surface area contributed by atoms with Gasteiger partial charge in [-0.1, -0.05) is 20.3 Å². The maximum absolute atomic E-state index is 4.52. The Labute approximate surface area is 116 Å². The average molecular weight is 262 g/mol. The summed E-state index contributed by atoms with van der Waals surface area (Å²) in [5.74, 6) is 3.38. The molecule has 1 fully saturated rings. The van der Waals surface area contributed by atoms with Gasteiger partial charge in [0.05, 0.1) is 0 Å². The van der Waals surface area contributed by atoms with E-state index in [1.807, 2.05) is 13.0 Å². The zero-order valence-corrected chi connectivity index (χ0v) is 12.4. The number of nitrogens with one attached hydrogen (secondary N) is 2. The molecule has 4 nitrogen and oxygen atoms in total. The summed E-state index contributed by atoms with van der Waals surface area (Å²) in [5.41, 5.74) is 1.01. The van der Waals surface area contributed by atoms with Gasteiger partial charge in [-0.2, -0.15) is 4.98 Å². The lowest BCUT2D eigenvalue weighted by atomic mass is 10.1. The second-order valence-electron chi connectivity index (χ2n) is 5.81. The van der Waals surface area contributed by atoms with Gasteiger partial charge in [0.15, 0.2) is 0 Å². The zero-order valence-electron chi connectivity index (χ0n) is 12.4. The molecule has 1 heterocycles. The van der Waals surface area contributed by atoms with Crippen molar-refractivity contribution in [1.82, 2.24) is 9.97 Å². The molecule has 0 aliphatic heterocycles. The number of rotatable bonds is 6. The van der Waals surface area contributed by atoms with Crippen molar-refractivity contribution in [2.45, 2.75) is 46.5 Å². The van der Waals surface area contributed by atoms with Crippen LogP contribution in [-0.4, -0.2) is 23.1 Å². The Morgan fingerprint density at radius 3 is 2.79 bits per heavy atom. The lowest BCUT2D eigenvalue weighted by Gasteiger charge is -2.13. The molecule has 2 N–H and O–H groups in total. The fraction of sp³-hybridized carbons (Fsp3) is 0.733. The number of hydrogen-bond acceptors (Lipinski definition) is 4. The van der Waals surface area contributed by atoms with Crippen LogP contribution >= 0.6 is 0 Å². The molecule has 1 aromatic rings. The van der Waals surface area contributed by atoms with Crippen LogP contribution in [0.2, 0.25) is 0 Å². The third kappa shape index (κ3) is 4.37. The first-order valence-corrected chi connectivity index (χ1v) is 7.50. The second kappa shape index (κ2) is 6.73. The van der Waals surface area contributed by atoms with Gasteiger partial charge in [0.2, 0.25) is 5.95 Å². The van der Waals surface area contributed by atoms with Crippen molar-refractivity contribution in [2.75, 3.05) is 23.7 Å². The maximum Gasteiger partial charge on any atom is 0.224 e. The van der Waals surface area contributed by atoms with Gasteiger partial charge in [-0.3, -0.25) is 0 Å². The van der Waals surface area contributed by atoms with Crippen molar-refractivity contribution in [3.05, 3.63) is 11.8 Å². The van der Waals surface area contributed by atoms with Gasteiger partial charge < -0.3 is 10.6 Å². The van der Waals surface area contributed by atoms with E-state index in [2.05, 4.69) is 34.4 Å². The van der Waals surface area contributed by atoms with Gasteiger partial charge in [-0.15, -0.1) is 0 Å². The summed E-state index contributed by atoms with van der Waals surface area (Å²) in [5, 5.41) is 6.72. The third-order valence-corrected chi connectivity index (χ3v) is 3.76. The Hall–Kier alpha value is -1.32. The van der Waals surface area contributed by atoms with Crippen LogP contribution in [0.1, 0.15) is 45.2 Å². The molecular weight excluding hydrogens is 236 g/mol. The van der Waals surface area contributed by atoms with E-state index in [9.17, 15) is 0 Å². The molecular formula is C15H26N4. The number of hydrogen-bond donors (Lipinski definition) is 2. The Balaban J connectivity index is 1.90. The highest BCUT2D eigenvalue weighted by Crippen LogP contribution is 2.30. The molecule has 0 aromatic carbocycles. The number of nitrogens with zero attached hydrogens (tertiary/aromatic N) is 2. The highest BCUT2D eigenvalue weighted by molar-refractivity contribution is 5.42. The SMILES string of the molecule is CCCNc1nc(C)cc(NCC2CCC(C)C2)n1. The molecule has 19 heavy (non-hydrogen) atoms. The Bertz CT molecular complexity index is 405. The van der Waals surface area contributed by atoms with E-state index in [1.165, 1.54) is 19.3 Å². The van der Waals surface area contributed by atoms with Crippen LogP contribution in [0.5, 0.6) is 0 Å². The summed E-state index contributed by atoms with van der Waals surface area (Å²) < 4.78 is 0. The largest absolute Gasteiger partial charge is 0.370 e. The average Bonchev–Trinajstić information content (AvgIpc) is 2.79. The van der Waals surface area contributed by atoms with Crippen LogP contribution in [0.3, 0.4) is 0 Å². The topological polar surface area (TPSA) is 49.8 Å². The predicted molar refractivity (Wildman–Crippen MR) is 80.5 cm³/mol. The van der Waals surface area contributed by atoms with Crippen molar-refractivity contribution >= 4 is 11.8 Å². The van der Waals surface area contributed by atoms with E-state index in [0.29, 0.717) is 0 Å². The minimum Gasteiger partial charge on any atom is -0.370 e. The van der Waals surface area contributed by atoms with E-state index < -0.39 is 0 Å². The van der Waals surface area contributed by atoms with Crippen LogP contribution < -0.4 is 10.6 Å². The van der Waals surface area contributed by atoms with Crippen LogP contribution in [-0.2, 0) is 0 Å². The molecule has 1 saturated carbocycles. The first-order valence-electron chi connectivity index (χ1n) is 7.50. The quantitative estimate of drug-likeness (QED) is 0.824. The lowest BCUT2D eigenvalue weighted by molar-refractivity contribution is 0.536. The van der Waals surface area contributed by atoms with Gasteiger partial charge in [0.1, 0.15) is 5.82 Å². The molecule has 2 atom stereocenters. The molecule has 0 bridgehead atoms. The van der Waals surface area contributed by atoms with E-state index in [1.54, 1.807) is 0 Å². The Kier molecular flexibility index (Phi) is 5.00. The van der Waals surface area contributed by atoms with Gasteiger partial charge in [-0.25, -0.2) is 4.98 Å². The van der Waals surface area contributed by atoms with Crippen LogP contribution in [0.15, 0.2) is 6.07 Å². The molecule has 0 spiro atoms. The van der Waals surface area contributed by atoms with Crippen molar-refractivity contribution in [1.29, 1.82) is 0 Å². The molecule has 2 unspecified atom stereocenters. The molecule has 0 saturated heterocycles. The minimum absolute atomic E-state index is 0.740. The molecule has 1 aliphatic carbocycles. The molecule has 1 aliphatic rings. The van der Waals surface area contributed by atoms with E-state index in [4.69, 9.17) is 0 Å². The number of aryl methyl sites for hydroxylation is 1. The van der Waals surface area contributed by atoms with E-state index >= 15 is 0 Å². The van der Waals surface area contributed by atoms with Crippen molar-refractivity contribution in [2.24, 2.45) is 11.8 Å². The predicted octanol–water partition coefficient (Wildman–Crippen LogP) is 3.46. The lowest BCUT2D eigenvalue weighted by Crippen LogP contribution is -2.14. The van der Waals surface area contributed by atoms with Gasteiger partial charge >= 0.3 is 0 Å². The zero-order chi connectivity index (χ0) is 13.7. The Morgan fingerprint density at radius 1 is 1.26 bits per heavy atom. The summed E-state index contributed by atoms with van der Waals surface area (Å²) in [6.07, 6.45) is 5.15. The normalized spacial score (nSPS) is 22.5. The fourth-order valence-corrected chi connectivity index (χ4v) is 2.73. The monoisotopic (exact) mass is 262 g/mol. The highest BCUT2D eigenvalue weighted by Gasteiger charge is 2.20. The number of anilines is 2.